The van der Waals surface area contributed by atoms with Gasteiger partial charge in [-0.3, -0.25) is 0 Å². The van der Waals surface area contributed by atoms with E-state index in [-0.39, 0.29) is 24.8 Å². The third-order valence-electron chi connectivity index (χ3n) is 3.00. The van der Waals surface area contributed by atoms with Gasteiger partial charge in [0.05, 0.1) is 12.0 Å². The smallest absolute Gasteiger partial charge is 0.408 e. The van der Waals surface area contributed by atoms with Crippen LogP contribution in [-0.2, 0) is 9.47 Å². The Hall–Kier alpha value is -1.21. The van der Waals surface area contributed by atoms with Crippen molar-refractivity contribution in [2.24, 2.45) is 0 Å². The van der Waals surface area contributed by atoms with Crippen LogP contribution < -0.4 is 5.32 Å². The van der Waals surface area contributed by atoms with E-state index in [1.165, 1.54) is 0 Å². The number of halogens is 1. The van der Waals surface area contributed by atoms with Gasteiger partial charge in [0.25, 0.3) is 0 Å². The van der Waals surface area contributed by atoms with E-state index in [0.717, 1.165) is 5.57 Å². The highest BCUT2D eigenvalue weighted by Crippen LogP contribution is 2.30. The zero-order valence-electron chi connectivity index (χ0n) is 13.9. The molecular weight excluding hydrogens is 321 g/mol. The maximum atomic E-state index is 13.9. The van der Waals surface area contributed by atoms with Gasteiger partial charge < -0.3 is 19.9 Å². The summed E-state index contributed by atoms with van der Waals surface area (Å²) in [6.07, 6.45) is 3.33. The van der Waals surface area contributed by atoms with E-state index in [1.54, 1.807) is 20.8 Å². The van der Waals surface area contributed by atoms with Crippen LogP contribution in [0.1, 0.15) is 46.5 Å². The van der Waals surface area contributed by atoms with Crippen molar-refractivity contribution >= 4 is 18.7 Å². The fourth-order valence-electron chi connectivity index (χ4n) is 2.10. The number of carbonyl (C=O) groups is 1. The molecule has 0 spiro atoms. The van der Waals surface area contributed by atoms with E-state index < -0.39 is 17.1 Å². The minimum absolute atomic E-state index is 0.0561. The van der Waals surface area contributed by atoms with Crippen molar-refractivity contribution in [2.75, 3.05) is 13.2 Å². The number of allylic oxidation sites excluding steroid dienone is 3. The van der Waals surface area contributed by atoms with Gasteiger partial charge in [0.15, 0.2) is 5.76 Å². The highest BCUT2D eigenvalue weighted by atomic mass is 32.1. The molecule has 2 N–H and O–H groups in total. The molecule has 1 unspecified atom stereocenters. The number of alkyl carbamates (subject to hydrolysis) is 1. The fraction of sp³-hybridized carbons (Fsp3) is 0.688. The SMILES string of the molecule is CC(C)(C)OC(=O)NC(S)CCC1=CCCC(F)=C1OCCO. The van der Waals surface area contributed by atoms with Crippen molar-refractivity contribution in [1.29, 1.82) is 0 Å². The van der Waals surface area contributed by atoms with Gasteiger partial charge >= 0.3 is 6.09 Å². The zero-order valence-corrected chi connectivity index (χ0v) is 14.8. The van der Waals surface area contributed by atoms with E-state index >= 15 is 0 Å². The highest BCUT2D eigenvalue weighted by molar-refractivity contribution is 7.80. The molecule has 0 saturated carbocycles. The average molecular weight is 347 g/mol. The Labute approximate surface area is 142 Å². The van der Waals surface area contributed by atoms with Crippen LogP contribution in [0.15, 0.2) is 23.2 Å². The van der Waals surface area contributed by atoms with Crippen molar-refractivity contribution in [1.82, 2.24) is 5.32 Å². The molecule has 0 fully saturated rings. The maximum absolute atomic E-state index is 13.9. The number of aliphatic hydroxyl groups is 1. The lowest BCUT2D eigenvalue weighted by Crippen LogP contribution is -2.36. The van der Waals surface area contributed by atoms with Crippen LogP contribution in [0.2, 0.25) is 0 Å². The largest absolute Gasteiger partial charge is 0.488 e. The number of ether oxygens (including phenoxy) is 2. The number of hydrogen-bond donors (Lipinski definition) is 3. The van der Waals surface area contributed by atoms with Crippen molar-refractivity contribution in [2.45, 2.75) is 57.4 Å². The summed E-state index contributed by atoms with van der Waals surface area (Å²) in [5, 5.41) is 11.0. The Balaban J connectivity index is 2.49. The second-order valence-corrected chi connectivity index (χ2v) is 6.90. The van der Waals surface area contributed by atoms with Gasteiger partial charge in [0.2, 0.25) is 0 Å². The second-order valence-electron chi connectivity index (χ2n) is 6.27. The first-order valence-corrected chi connectivity index (χ1v) is 8.24. The lowest BCUT2D eigenvalue weighted by Gasteiger charge is -2.22. The van der Waals surface area contributed by atoms with Crippen molar-refractivity contribution in [3.05, 3.63) is 23.2 Å². The average Bonchev–Trinajstić information content (AvgIpc) is 2.42. The summed E-state index contributed by atoms with van der Waals surface area (Å²) in [6.45, 7) is 5.24. The monoisotopic (exact) mass is 347 g/mol. The molecule has 0 heterocycles. The summed E-state index contributed by atoms with van der Waals surface area (Å²) < 4.78 is 24.3. The Bertz CT molecular complexity index is 471. The first-order chi connectivity index (χ1) is 10.7. The summed E-state index contributed by atoms with van der Waals surface area (Å²) in [4.78, 5) is 11.7. The zero-order chi connectivity index (χ0) is 17.5. The Morgan fingerprint density at radius 2 is 2.22 bits per heavy atom. The number of nitrogens with one attached hydrogen (secondary N) is 1. The van der Waals surface area contributed by atoms with Crippen molar-refractivity contribution in [3.63, 3.8) is 0 Å². The summed E-state index contributed by atoms with van der Waals surface area (Å²) in [5.74, 6) is -0.0881. The topological polar surface area (TPSA) is 67.8 Å². The summed E-state index contributed by atoms with van der Waals surface area (Å²) in [7, 11) is 0. The molecule has 1 rings (SSSR count). The molecule has 0 aliphatic heterocycles. The lowest BCUT2D eigenvalue weighted by molar-refractivity contribution is 0.0521. The predicted octanol–water partition coefficient (Wildman–Crippen LogP) is 3.46. The van der Waals surface area contributed by atoms with E-state index in [4.69, 9.17) is 14.6 Å². The van der Waals surface area contributed by atoms with Crippen molar-refractivity contribution in [3.8, 4) is 0 Å². The number of carbonyl (C=O) groups excluding carboxylic acids is 1. The Morgan fingerprint density at radius 1 is 1.52 bits per heavy atom. The maximum Gasteiger partial charge on any atom is 0.408 e. The molecule has 1 aliphatic carbocycles. The number of amides is 1. The van der Waals surface area contributed by atoms with Crippen molar-refractivity contribution < 1.29 is 23.8 Å². The lowest BCUT2D eigenvalue weighted by atomic mass is 9.99. The summed E-state index contributed by atoms with van der Waals surface area (Å²) in [6, 6.07) is 0. The van der Waals surface area contributed by atoms with Gasteiger partial charge in [0, 0.05) is 6.42 Å². The first-order valence-electron chi connectivity index (χ1n) is 7.72. The molecule has 23 heavy (non-hydrogen) atoms. The molecule has 1 atom stereocenters. The highest BCUT2D eigenvalue weighted by Gasteiger charge is 2.21. The number of hydrogen-bond acceptors (Lipinski definition) is 5. The van der Waals surface area contributed by atoms with Gasteiger partial charge in [-0.25, -0.2) is 9.18 Å². The quantitative estimate of drug-likeness (QED) is 0.487. The molecule has 1 aliphatic rings. The first kappa shape index (κ1) is 19.8. The molecule has 0 radical (unpaired) electrons. The molecule has 0 saturated heterocycles. The third-order valence-corrected chi connectivity index (χ3v) is 3.39. The second kappa shape index (κ2) is 9.17. The van der Waals surface area contributed by atoms with Crippen LogP contribution in [0.3, 0.4) is 0 Å². The van der Waals surface area contributed by atoms with Gasteiger partial charge in [-0.1, -0.05) is 6.08 Å². The van der Waals surface area contributed by atoms with Crippen LogP contribution in [0.5, 0.6) is 0 Å². The molecule has 7 heteroatoms. The molecule has 0 aromatic carbocycles. The third kappa shape index (κ3) is 7.74. The van der Waals surface area contributed by atoms with Gasteiger partial charge in [-0.2, -0.15) is 12.6 Å². The molecule has 5 nitrogen and oxygen atoms in total. The van der Waals surface area contributed by atoms with Gasteiger partial charge in [0.1, 0.15) is 18.0 Å². The standard InChI is InChI=1S/C16H26FNO4S/c1-16(2,3)22-15(20)18-13(23)8-7-11-5-4-6-12(17)14(11)21-10-9-19/h5,13,19,23H,4,6-10H2,1-3H3,(H,18,20). The summed E-state index contributed by atoms with van der Waals surface area (Å²) >= 11 is 4.31. The number of thiol groups is 1. The van der Waals surface area contributed by atoms with E-state index in [2.05, 4.69) is 17.9 Å². The fourth-order valence-corrected chi connectivity index (χ4v) is 2.33. The van der Waals surface area contributed by atoms with Gasteiger partial charge in [-0.05, 0) is 45.6 Å². The summed E-state index contributed by atoms with van der Waals surface area (Å²) in [5.41, 5.74) is 0.174. The molecule has 0 aromatic heterocycles. The molecule has 0 aromatic rings. The molecule has 0 bridgehead atoms. The van der Waals surface area contributed by atoms with Crippen LogP contribution in [0.25, 0.3) is 0 Å². The number of aliphatic hydroxyl groups excluding tert-OH is 1. The Morgan fingerprint density at radius 3 is 2.83 bits per heavy atom. The van der Waals surface area contributed by atoms with Crippen LogP contribution >= 0.6 is 12.6 Å². The minimum atomic E-state index is -0.569. The van der Waals surface area contributed by atoms with E-state index in [0.29, 0.717) is 25.7 Å². The van der Waals surface area contributed by atoms with Crippen LogP contribution in [-0.4, -0.2) is 35.4 Å². The van der Waals surface area contributed by atoms with Crippen LogP contribution in [0, 0.1) is 0 Å². The number of rotatable bonds is 7. The van der Waals surface area contributed by atoms with Crippen LogP contribution in [0.4, 0.5) is 9.18 Å². The van der Waals surface area contributed by atoms with E-state index in [1.807, 2.05) is 6.08 Å². The predicted molar refractivity (Wildman–Crippen MR) is 89.9 cm³/mol. The van der Waals surface area contributed by atoms with Gasteiger partial charge in [-0.15, -0.1) is 0 Å². The molecule has 132 valence electrons. The Kier molecular flexibility index (Phi) is 7.91. The molecule has 1 amide bonds. The van der Waals surface area contributed by atoms with E-state index in [9.17, 15) is 9.18 Å². The normalized spacial score (nSPS) is 16.7. The molecular formula is C16H26FNO4S. The minimum Gasteiger partial charge on any atom is -0.488 e.